The standard InChI is InChI=1S/C11H10N4O3S/c1-14-4-7-8(18-11(12)17)13-5-15(7)10-6(9(14)16)2-3-19-10/h2-3,5H,4H2,1H3,(H2,12,17). The summed E-state index contributed by atoms with van der Waals surface area (Å²) < 4.78 is 6.61. The van der Waals surface area contributed by atoms with Crippen molar-refractivity contribution < 1.29 is 14.3 Å². The second-order valence-electron chi connectivity index (χ2n) is 4.09. The number of thiophene rings is 1. The first kappa shape index (κ1) is 11.7. The molecule has 2 aromatic rings. The van der Waals surface area contributed by atoms with Crippen molar-refractivity contribution in [2.24, 2.45) is 5.73 Å². The Kier molecular flexibility index (Phi) is 2.53. The van der Waals surface area contributed by atoms with Crippen LogP contribution in [0.1, 0.15) is 16.1 Å². The van der Waals surface area contributed by atoms with Crippen LogP contribution in [0.5, 0.6) is 5.88 Å². The third-order valence-electron chi connectivity index (χ3n) is 2.85. The van der Waals surface area contributed by atoms with Crippen LogP contribution in [-0.2, 0) is 6.54 Å². The minimum atomic E-state index is -0.925. The van der Waals surface area contributed by atoms with Crippen LogP contribution in [0.2, 0.25) is 0 Å². The summed E-state index contributed by atoms with van der Waals surface area (Å²) in [7, 11) is 1.68. The summed E-state index contributed by atoms with van der Waals surface area (Å²) in [5, 5.41) is 2.59. The lowest BCUT2D eigenvalue weighted by atomic mass is 10.3. The molecule has 0 aliphatic carbocycles. The van der Waals surface area contributed by atoms with Gasteiger partial charge in [0.25, 0.3) is 5.91 Å². The quantitative estimate of drug-likeness (QED) is 0.841. The lowest BCUT2D eigenvalue weighted by Gasteiger charge is -2.13. The minimum absolute atomic E-state index is 0.0787. The fourth-order valence-electron chi connectivity index (χ4n) is 2.01. The Hall–Kier alpha value is -2.35. The van der Waals surface area contributed by atoms with Crippen LogP contribution in [-0.4, -0.2) is 33.5 Å². The van der Waals surface area contributed by atoms with Gasteiger partial charge in [-0.1, -0.05) is 0 Å². The summed E-state index contributed by atoms with van der Waals surface area (Å²) in [4.78, 5) is 28.6. The Morgan fingerprint density at radius 3 is 3.11 bits per heavy atom. The van der Waals surface area contributed by atoms with E-state index in [1.54, 1.807) is 22.6 Å². The molecule has 0 unspecified atom stereocenters. The van der Waals surface area contributed by atoms with Gasteiger partial charge in [0.05, 0.1) is 12.1 Å². The van der Waals surface area contributed by atoms with E-state index in [9.17, 15) is 9.59 Å². The average molecular weight is 278 g/mol. The zero-order valence-corrected chi connectivity index (χ0v) is 10.8. The molecule has 7 nitrogen and oxygen atoms in total. The van der Waals surface area contributed by atoms with Gasteiger partial charge in [-0.3, -0.25) is 9.36 Å². The number of aromatic nitrogens is 2. The van der Waals surface area contributed by atoms with E-state index in [4.69, 9.17) is 10.5 Å². The molecule has 0 radical (unpaired) electrons. The van der Waals surface area contributed by atoms with E-state index >= 15 is 0 Å². The predicted molar refractivity (Wildman–Crippen MR) is 67.4 cm³/mol. The van der Waals surface area contributed by atoms with Crippen molar-refractivity contribution in [3.8, 4) is 10.9 Å². The summed E-state index contributed by atoms with van der Waals surface area (Å²) in [6.07, 6.45) is 0.598. The number of nitrogens with two attached hydrogens (primary N) is 1. The summed E-state index contributed by atoms with van der Waals surface area (Å²) >= 11 is 1.42. The van der Waals surface area contributed by atoms with E-state index < -0.39 is 6.09 Å². The maximum absolute atomic E-state index is 12.2. The predicted octanol–water partition coefficient (Wildman–Crippen LogP) is 0.977. The number of amides is 2. The third kappa shape index (κ3) is 1.76. The molecule has 1 aliphatic rings. The first-order chi connectivity index (χ1) is 9.08. The van der Waals surface area contributed by atoms with Gasteiger partial charge >= 0.3 is 6.09 Å². The minimum Gasteiger partial charge on any atom is -0.389 e. The maximum Gasteiger partial charge on any atom is 0.411 e. The Bertz CT molecular complexity index is 675. The zero-order chi connectivity index (χ0) is 13.6. The lowest BCUT2D eigenvalue weighted by Crippen LogP contribution is -2.25. The number of carbonyl (C=O) groups is 2. The van der Waals surface area contributed by atoms with Gasteiger partial charge in [-0.15, -0.1) is 11.3 Å². The second kappa shape index (κ2) is 4.09. The SMILES string of the molecule is CN1Cc2c(OC(N)=O)ncn2-c2sccc2C1=O. The highest BCUT2D eigenvalue weighted by atomic mass is 32.1. The molecule has 0 atom stereocenters. The molecular formula is C11H10N4O3S. The molecule has 8 heteroatoms. The molecule has 0 spiro atoms. The van der Waals surface area contributed by atoms with Crippen molar-refractivity contribution in [1.82, 2.24) is 14.5 Å². The topological polar surface area (TPSA) is 90.4 Å². The number of carbonyl (C=O) groups excluding carboxylic acids is 2. The highest BCUT2D eigenvalue weighted by molar-refractivity contribution is 7.13. The normalized spacial score (nSPS) is 13.7. The number of primary amides is 1. The van der Waals surface area contributed by atoms with E-state index in [-0.39, 0.29) is 11.8 Å². The second-order valence-corrected chi connectivity index (χ2v) is 4.98. The lowest BCUT2D eigenvalue weighted by molar-refractivity contribution is 0.0787. The Morgan fingerprint density at radius 2 is 2.37 bits per heavy atom. The molecule has 0 saturated carbocycles. The summed E-state index contributed by atoms with van der Waals surface area (Å²) in [5.41, 5.74) is 6.23. The molecule has 1 aliphatic heterocycles. The fourth-order valence-corrected chi connectivity index (χ4v) is 2.90. The number of nitrogens with zero attached hydrogens (tertiary/aromatic N) is 3. The molecule has 98 valence electrons. The monoisotopic (exact) mass is 278 g/mol. The first-order valence-electron chi connectivity index (χ1n) is 5.44. The number of rotatable bonds is 1. The number of imidazole rings is 1. The van der Waals surface area contributed by atoms with Crippen molar-refractivity contribution in [3.63, 3.8) is 0 Å². The van der Waals surface area contributed by atoms with Crippen LogP contribution < -0.4 is 10.5 Å². The summed E-state index contributed by atoms with van der Waals surface area (Å²) in [6.45, 7) is 0.294. The molecule has 2 aromatic heterocycles. The smallest absolute Gasteiger partial charge is 0.389 e. The van der Waals surface area contributed by atoms with Crippen LogP contribution in [0.3, 0.4) is 0 Å². The highest BCUT2D eigenvalue weighted by Crippen LogP contribution is 2.31. The molecule has 0 fully saturated rings. The number of hydrogen-bond donors (Lipinski definition) is 1. The van der Waals surface area contributed by atoms with Crippen LogP contribution in [0.15, 0.2) is 17.8 Å². The number of hydrogen-bond acceptors (Lipinski definition) is 5. The van der Waals surface area contributed by atoms with Crippen molar-refractivity contribution >= 4 is 23.3 Å². The molecule has 2 N–H and O–H groups in total. The number of ether oxygens (including phenoxy) is 1. The molecule has 3 rings (SSSR count). The van der Waals surface area contributed by atoms with E-state index in [1.807, 2.05) is 5.38 Å². The molecule has 0 bridgehead atoms. The van der Waals surface area contributed by atoms with Gasteiger partial charge in [0.1, 0.15) is 17.0 Å². The summed E-state index contributed by atoms with van der Waals surface area (Å²) in [5.74, 6) is 0.0541. The van der Waals surface area contributed by atoms with Crippen LogP contribution in [0.25, 0.3) is 5.00 Å². The van der Waals surface area contributed by atoms with E-state index in [2.05, 4.69) is 4.98 Å². The van der Waals surface area contributed by atoms with Gasteiger partial charge in [-0.05, 0) is 11.4 Å². The average Bonchev–Trinajstić information content (AvgIpc) is 2.93. The van der Waals surface area contributed by atoms with Crippen molar-refractivity contribution in [2.45, 2.75) is 6.54 Å². The van der Waals surface area contributed by atoms with Crippen molar-refractivity contribution in [1.29, 1.82) is 0 Å². The van der Waals surface area contributed by atoms with Crippen molar-refractivity contribution in [3.05, 3.63) is 29.0 Å². The number of fused-ring (bicyclic) bond motifs is 3. The molecule has 2 amide bonds. The zero-order valence-electron chi connectivity index (χ0n) is 9.99. The van der Waals surface area contributed by atoms with E-state index in [1.165, 1.54) is 17.7 Å². The maximum atomic E-state index is 12.2. The van der Waals surface area contributed by atoms with E-state index in [0.717, 1.165) is 5.00 Å². The summed E-state index contributed by atoms with van der Waals surface area (Å²) in [6, 6.07) is 1.77. The van der Waals surface area contributed by atoms with E-state index in [0.29, 0.717) is 17.8 Å². The van der Waals surface area contributed by atoms with Crippen LogP contribution in [0.4, 0.5) is 4.79 Å². The van der Waals surface area contributed by atoms with Gasteiger partial charge in [0.2, 0.25) is 5.88 Å². The molecule has 0 aromatic carbocycles. The first-order valence-corrected chi connectivity index (χ1v) is 6.32. The highest BCUT2D eigenvalue weighted by Gasteiger charge is 2.28. The van der Waals surface area contributed by atoms with Crippen LogP contribution in [0, 0.1) is 0 Å². The van der Waals surface area contributed by atoms with Crippen molar-refractivity contribution in [2.75, 3.05) is 7.05 Å². The van der Waals surface area contributed by atoms with Gasteiger partial charge in [0, 0.05) is 7.05 Å². The molecular weight excluding hydrogens is 268 g/mol. The van der Waals surface area contributed by atoms with Gasteiger partial charge in [-0.2, -0.15) is 0 Å². The Labute approximate surface area is 112 Å². The Morgan fingerprint density at radius 1 is 1.58 bits per heavy atom. The van der Waals surface area contributed by atoms with Gasteiger partial charge < -0.3 is 15.4 Å². The Balaban J connectivity index is 2.17. The van der Waals surface area contributed by atoms with Gasteiger partial charge in [0.15, 0.2) is 0 Å². The molecule has 0 saturated heterocycles. The fraction of sp³-hybridized carbons (Fsp3) is 0.182. The van der Waals surface area contributed by atoms with Crippen LogP contribution >= 0.6 is 11.3 Å². The molecule has 3 heterocycles. The van der Waals surface area contributed by atoms with Gasteiger partial charge in [-0.25, -0.2) is 9.78 Å². The third-order valence-corrected chi connectivity index (χ3v) is 3.77. The molecule has 19 heavy (non-hydrogen) atoms. The largest absolute Gasteiger partial charge is 0.411 e.